The van der Waals surface area contributed by atoms with Gasteiger partial charge in [-0.1, -0.05) is 24.3 Å². The first-order valence-electron chi connectivity index (χ1n) is 9.22. The summed E-state index contributed by atoms with van der Waals surface area (Å²) in [4.78, 5) is 12.5. The molecule has 1 aliphatic carbocycles. The number of ether oxygens (including phenoxy) is 2. The zero-order chi connectivity index (χ0) is 18.5. The second kappa shape index (κ2) is 8.26. The van der Waals surface area contributed by atoms with Crippen LogP contribution in [0.2, 0.25) is 0 Å². The number of hydrogen-bond donors (Lipinski definition) is 1. The van der Waals surface area contributed by atoms with Crippen LogP contribution in [-0.2, 0) is 24.1 Å². The van der Waals surface area contributed by atoms with Crippen LogP contribution in [0.3, 0.4) is 0 Å². The molecule has 1 unspecified atom stereocenters. The summed E-state index contributed by atoms with van der Waals surface area (Å²) in [6.45, 7) is 2.04. The summed E-state index contributed by atoms with van der Waals surface area (Å²) in [6.07, 6.45) is 5.14. The fraction of sp³-hybridized carbons (Fsp3) is 0.409. The minimum absolute atomic E-state index is 0.0148. The maximum absolute atomic E-state index is 12.5. The molecule has 4 nitrogen and oxygen atoms in total. The maximum Gasteiger partial charge on any atom is 0.225 e. The van der Waals surface area contributed by atoms with Crippen LogP contribution in [0.5, 0.6) is 11.5 Å². The van der Waals surface area contributed by atoms with Gasteiger partial charge in [0.1, 0.15) is 11.5 Å². The molecule has 0 spiro atoms. The second-order valence-electron chi connectivity index (χ2n) is 6.88. The van der Waals surface area contributed by atoms with Crippen molar-refractivity contribution in [2.75, 3.05) is 14.2 Å². The molecule has 0 heterocycles. The van der Waals surface area contributed by atoms with Gasteiger partial charge in [0.2, 0.25) is 5.91 Å². The third kappa shape index (κ3) is 4.18. The fourth-order valence-electron chi connectivity index (χ4n) is 3.57. The molecule has 138 valence electrons. The van der Waals surface area contributed by atoms with E-state index in [4.69, 9.17) is 9.47 Å². The Bertz CT molecular complexity index is 785. The molecule has 2 aromatic carbocycles. The van der Waals surface area contributed by atoms with Crippen molar-refractivity contribution in [3.63, 3.8) is 0 Å². The van der Waals surface area contributed by atoms with Crippen molar-refractivity contribution >= 4 is 5.91 Å². The van der Waals surface area contributed by atoms with Gasteiger partial charge in [-0.3, -0.25) is 4.79 Å². The van der Waals surface area contributed by atoms with Crippen LogP contribution < -0.4 is 14.8 Å². The van der Waals surface area contributed by atoms with E-state index in [9.17, 15) is 4.79 Å². The van der Waals surface area contributed by atoms with Crippen LogP contribution in [0, 0.1) is 0 Å². The molecule has 0 fully saturated rings. The molecular weight excluding hydrogens is 326 g/mol. The molecule has 0 aliphatic heterocycles. The number of benzene rings is 2. The van der Waals surface area contributed by atoms with E-state index in [-0.39, 0.29) is 18.4 Å². The van der Waals surface area contributed by atoms with Gasteiger partial charge in [-0.2, -0.15) is 0 Å². The Kier molecular flexibility index (Phi) is 5.82. The minimum Gasteiger partial charge on any atom is -0.497 e. The molecule has 0 aromatic heterocycles. The summed E-state index contributed by atoms with van der Waals surface area (Å²) >= 11 is 0. The van der Waals surface area contributed by atoms with Gasteiger partial charge in [-0.05, 0) is 55.4 Å². The molecule has 1 amide bonds. The summed E-state index contributed by atoms with van der Waals surface area (Å²) in [5, 5.41) is 3.11. The Hall–Kier alpha value is -2.49. The van der Waals surface area contributed by atoms with E-state index >= 15 is 0 Å². The number of rotatable bonds is 6. The number of fused-ring (bicyclic) bond motifs is 1. The molecule has 0 bridgehead atoms. The van der Waals surface area contributed by atoms with E-state index in [0.717, 1.165) is 12.0 Å². The molecule has 4 heteroatoms. The van der Waals surface area contributed by atoms with E-state index in [1.165, 1.54) is 36.0 Å². The van der Waals surface area contributed by atoms with Crippen LogP contribution in [0.25, 0.3) is 0 Å². The molecule has 1 N–H and O–H groups in total. The SMILES string of the molecule is COc1ccc(CC(=O)NC(C)c2ccc3c(c2)CCCC3)c(OC)c1. The Labute approximate surface area is 155 Å². The highest BCUT2D eigenvalue weighted by atomic mass is 16.5. The summed E-state index contributed by atoms with van der Waals surface area (Å²) < 4.78 is 10.6. The lowest BCUT2D eigenvalue weighted by Gasteiger charge is -2.20. The number of carbonyl (C=O) groups is 1. The maximum atomic E-state index is 12.5. The topological polar surface area (TPSA) is 47.6 Å². The van der Waals surface area contributed by atoms with Crippen LogP contribution in [0.1, 0.15) is 48.1 Å². The molecule has 26 heavy (non-hydrogen) atoms. The van der Waals surface area contributed by atoms with Crippen LogP contribution in [0.15, 0.2) is 36.4 Å². The molecule has 0 saturated carbocycles. The monoisotopic (exact) mass is 353 g/mol. The highest BCUT2D eigenvalue weighted by Crippen LogP contribution is 2.26. The molecule has 2 aromatic rings. The van der Waals surface area contributed by atoms with Crippen LogP contribution in [-0.4, -0.2) is 20.1 Å². The van der Waals surface area contributed by atoms with E-state index in [2.05, 4.69) is 23.5 Å². The van der Waals surface area contributed by atoms with Gasteiger partial charge in [0.25, 0.3) is 0 Å². The van der Waals surface area contributed by atoms with Crippen LogP contribution >= 0.6 is 0 Å². The predicted molar refractivity (Wildman–Crippen MR) is 103 cm³/mol. The molecule has 1 atom stereocenters. The van der Waals surface area contributed by atoms with Gasteiger partial charge in [0.15, 0.2) is 0 Å². The van der Waals surface area contributed by atoms with Crippen molar-refractivity contribution in [3.8, 4) is 11.5 Å². The van der Waals surface area contributed by atoms with Gasteiger partial charge in [-0.25, -0.2) is 0 Å². The lowest BCUT2D eigenvalue weighted by atomic mass is 9.89. The highest BCUT2D eigenvalue weighted by molar-refractivity contribution is 5.79. The van der Waals surface area contributed by atoms with Crippen LogP contribution in [0.4, 0.5) is 0 Å². The van der Waals surface area contributed by atoms with Crippen molar-refractivity contribution in [2.45, 2.75) is 45.1 Å². The predicted octanol–water partition coefficient (Wildman–Crippen LogP) is 4.00. The Morgan fingerprint density at radius 1 is 1.04 bits per heavy atom. The van der Waals surface area contributed by atoms with Gasteiger partial charge in [0.05, 0.1) is 26.7 Å². The number of methoxy groups -OCH3 is 2. The first-order valence-corrected chi connectivity index (χ1v) is 9.22. The van der Waals surface area contributed by atoms with Crippen molar-refractivity contribution < 1.29 is 14.3 Å². The molecule has 3 rings (SSSR count). The lowest BCUT2D eigenvalue weighted by molar-refractivity contribution is -0.121. The Morgan fingerprint density at radius 2 is 1.81 bits per heavy atom. The first-order chi connectivity index (χ1) is 12.6. The highest BCUT2D eigenvalue weighted by Gasteiger charge is 2.15. The van der Waals surface area contributed by atoms with Gasteiger partial charge in [0, 0.05) is 11.6 Å². The third-order valence-electron chi connectivity index (χ3n) is 5.10. The minimum atomic E-state index is -0.0151. The molecule has 1 aliphatic rings. The van der Waals surface area contributed by atoms with E-state index in [1.807, 2.05) is 19.1 Å². The number of nitrogens with one attached hydrogen (secondary N) is 1. The number of aryl methyl sites for hydroxylation is 2. The average Bonchev–Trinajstić information content (AvgIpc) is 2.67. The van der Waals surface area contributed by atoms with E-state index in [0.29, 0.717) is 11.5 Å². The third-order valence-corrected chi connectivity index (χ3v) is 5.10. The second-order valence-corrected chi connectivity index (χ2v) is 6.88. The lowest BCUT2D eigenvalue weighted by Crippen LogP contribution is -2.28. The quantitative estimate of drug-likeness (QED) is 0.854. The number of carbonyl (C=O) groups excluding carboxylic acids is 1. The van der Waals surface area contributed by atoms with Crippen molar-refractivity contribution in [2.24, 2.45) is 0 Å². The van der Waals surface area contributed by atoms with Crippen molar-refractivity contribution in [1.82, 2.24) is 5.32 Å². The fourth-order valence-corrected chi connectivity index (χ4v) is 3.57. The molecular formula is C22H27NO3. The largest absolute Gasteiger partial charge is 0.497 e. The Morgan fingerprint density at radius 3 is 2.54 bits per heavy atom. The number of hydrogen-bond acceptors (Lipinski definition) is 3. The van der Waals surface area contributed by atoms with Gasteiger partial charge < -0.3 is 14.8 Å². The smallest absolute Gasteiger partial charge is 0.225 e. The standard InChI is InChI=1S/C22H27NO3/c1-15(17-9-8-16-6-4-5-7-18(16)12-17)23-22(24)13-19-10-11-20(25-2)14-21(19)26-3/h8-12,14-15H,4-7,13H2,1-3H3,(H,23,24). The van der Waals surface area contributed by atoms with Crippen molar-refractivity contribution in [3.05, 3.63) is 58.7 Å². The summed E-state index contributed by atoms with van der Waals surface area (Å²) in [5.74, 6) is 1.37. The summed E-state index contributed by atoms with van der Waals surface area (Å²) in [5.41, 5.74) is 4.91. The number of amides is 1. The van der Waals surface area contributed by atoms with E-state index in [1.54, 1.807) is 20.3 Å². The average molecular weight is 353 g/mol. The molecule has 0 saturated heterocycles. The van der Waals surface area contributed by atoms with Crippen molar-refractivity contribution in [1.29, 1.82) is 0 Å². The van der Waals surface area contributed by atoms with E-state index < -0.39 is 0 Å². The first kappa shape index (κ1) is 18.3. The summed E-state index contributed by atoms with van der Waals surface area (Å²) in [6, 6.07) is 12.1. The zero-order valence-corrected chi connectivity index (χ0v) is 15.8. The molecule has 0 radical (unpaired) electrons. The van der Waals surface area contributed by atoms with Gasteiger partial charge in [-0.15, -0.1) is 0 Å². The van der Waals surface area contributed by atoms with Gasteiger partial charge >= 0.3 is 0 Å². The zero-order valence-electron chi connectivity index (χ0n) is 15.8. The Balaban J connectivity index is 1.66. The summed E-state index contributed by atoms with van der Waals surface area (Å²) in [7, 11) is 3.22. The normalized spacial score (nSPS) is 14.3.